The van der Waals surface area contributed by atoms with E-state index in [9.17, 15) is 4.79 Å². The smallest absolute Gasteiger partial charge is 0.289 e. The highest BCUT2D eigenvalue weighted by atomic mass is 35.5. The Bertz CT molecular complexity index is 1230. The highest BCUT2D eigenvalue weighted by Crippen LogP contribution is 2.23. The first-order chi connectivity index (χ1) is 15.6. The summed E-state index contributed by atoms with van der Waals surface area (Å²) in [4.78, 5) is 12.3. The van der Waals surface area contributed by atoms with E-state index in [-0.39, 0.29) is 5.91 Å². The van der Waals surface area contributed by atoms with E-state index < -0.39 is 0 Å². The number of H-pyrrole nitrogens is 1. The Morgan fingerprint density at radius 1 is 1.09 bits per heavy atom. The number of halogens is 1. The second-order valence-electron chi connectivity index (χ2n) is 7.18. The second kappa shape index (κ2) is 9.94. The summed E-state index contributed by atoms with van der Waals surface area (Å²) in [6, 6.07) is 24.6. The van der Waals surface area contributed by atoms with Crippen molar-refractivity contribution in [3.8, 4) is 17.0 Å². The van der Waals surface area contributed by atoms with Crippen LogP contribution >= 0.6 is 11.6 Å². The van der Waals surface area contributed by atoms with Crippen LogP contribution in [0.5, 0.6) is 5.75 Å². The van der Waals surface area contributed by atoms with E-state index in [0.29, 0.717) is 28.8 Å². The van der Waals surface area contributed by atoms with Crippen LogP contribution < -0.4 is 10.2 Å². The molecule has 0 unspecified atom stereocenters. The van der Waals surface area contributed by atoms with Crippen LogP contribution in [0.25, 0.3) is 11.3 Å². The molecule has 1 heterocycles. The standard InChI is InChI=1S/C25H21ClN4O2/c1-17-6-8-18(9-7-17)15-27-30-25(31)24-14-23(28-29-24)19-10-12-21(13-11-19)32-16-20-4-2-3-5-22(20)26/h2-15H,16H2,1H3,(H,28,29)(H,30,31)/b27-15-. The topological polar surface area (TPSA) is 79.4 Å². The molecule has 0 saturated heterocycles. The van der Waals surface area contributed by atoms with Crippen LogP contribution in [0.2, 0.25) is 5.02 Å². The molecule has 3 aromatic carbocycles. The average Bonchev–Trinajstić information content (AvgIpc) is 3.31. The largest absolute Gasteiger partial charge is 0.489 e. The molecule has 0 aliphatic carbocycles. The molecule has 1 amide bonds. The fourth-order valence-electron chi connectivity index (χ4n) is 2.96. The third-order valence-electron chi connectivity index (χ3n) is 4.78. The number of nitrogens with zero attached hydrogens (tertiary/aromatic N) is 2. The molecule has 6 nitrogen and oxygen atoms in total. The number of aromatic amines is 1. The number of hydrazone groups is 1. The van der Waals surface area contributed by atoms with Crippen molar-refractivity contribution >= 4 is 23.7 Å². The van der Waals surface area contributed by atoms with Crippen molar-refractivity contribution in [3.63, 3.8) is 0 Å². The van der Waals surface area contributed by atoms with Crippen LogP contribution in [0.3, 0.4) is 0 Å². The Morgan fingerprint density at radius 2 is 1.84 bits per heavy atom. The Labute approximate surface area is 190 Å². The number of benzene rings is 3. The zero-order chi connectivity index (χ0) is 22.3. The molecule has 0 atom stereocenters. The summed E-state index contributed by atoms with van der Waals surface area (Å²) in [5.74, 6) is 0.347. The number of rotatable bonds is 7. The quantitative estimate of drug-likeness (QED) is 0.296. The molecular formula is C25H21ClN4O2. The van der Waals surface area contributed by atoms with Gasteiger partial charge in [0.2, 0.25) is 0 Å². The molecule has 2 N–H and O–H groups in total. The summed E-state index contributed by atoms with van der Waals surface area (Å²) in [6.45, 7) is 2.40. The molecule has 4 rings (SSSR count). The third-order valence-corrected chi connectivity index (χ3v) is 5.15. The molecular weight excluding hydrogens is 424 g/mol. The van der Waals surface area contributed by atoms with Crippen molar-refractivity contribution in [3.05, 3.63) is 106 Å². The van der Waals surface area contributed by atoms with Gasteiger partial charge in [0.1, 0.15) is 18.1 Å². The summed E-state index contributed by atoms with van der Waals surface area (Å²) in [7, 11) is 0. The lowest BCUT2D eigenvalue weighted by Gasteiger charge is -2.08. The molecule has 0 fully saturated rings. The average molecular weight is 445 g/mol. The predicted octanol–water partition coefficient (Wildman–Crippen LogP) is 5.38. The lowest BCUT2D eigenvalue weighted by molar-refractivity contribution is 0.0950. The predicted molar refractivity (Wildman–Crippen MR) is 126 cm³/mol. The van der Waals surface area contributed by atoms with Crippen molar-refractivity contribution in [2.75, 3.05) is 0 Å². The van der Waals surface area contributed by atoms with E-state index in [2.05, 4.69) is 20.7 Å². The Balaban J connectivity index is 1.34. The molecule has 0 saturated carbocycles. The van der Waals surface area contributed by atoms with E-state index in [1.807, 2.05) is 79.7 Å². The van der Waals surface area contributed by atoms with Crippen molar-refractivity contribution in [1.82, 2.24) is 15.6 Å². The minimum absolute atomic E-state index is 0.320. The SMILES string of the molecule is Cc1ccc(/C=N\NC(=O)c2cc(-c3ccc(OCc4ccccc4Cl)cc3)n[nH]2)cc1. The maximum absolute atomic E-state index is 12.3. The summed E-state index contributed by atoms with van der Waals surface area (Å²) in [5.41, 5.74) is 7.31. The van der Waals surface area contributed by atoms with Crippen LogP contribution in [0, 0.1) is 6.92 Å². The van der Waals surface area contributed by atoms with Gasteiger partial charge in [0, 0.05) is 16.1 Å². The third kappa shape index (κ3) is 5.42. The number of carbonyl (C=O) groups excluding carboxylic acids is 1. The summed E-state index contributed by atoms with van der Waals surface area (Å²) < 4.78 is 5.80. The Kier molecular flexibility index (Phi) is 6.63. The maximum atomic E-state index is 12.3. The van der Waals surface area contributed by atoms with Gasteiger partial charge >= 0.3 is 0 Å². The van der Waals surface area contributed by atoms with Crippen LogP contribution in [0.4, 0.5) is 0 Å². The highest BCUT2D eigenvalue weighted by Gasteiger charge is 2.10. The van der Waals surface area contributed by atoms with Gasteiger partial charge in [-0.1, -0.05) is 59.6 Å². The van der Waals surface area contributed by atoms with Crippen LogP contribution in [0.15, 0.2) is 84.0 Å². The van der Waals surface area contributed by atoms with Crippen molar-refractivity contribution in [2.45, 2.75) is 13.5 Å². The molecule has 32 heavy (non-hydrogen) atoms. The van der Waals surface area contributed by atoms with E-state index in [0.717, 1.165) is 22.3 Å². The molecule has 160 valence electrons. The van der Waals surface area contributed by atoms with Gasteiger partial charge in [-0.3, -0.25) is 9.89 Å². The van der Waals surface area contributed by atoms with Gasteiger partial charge in [0.15, 0.2) is 0 Å². The number of hydrogen-bond donors (Lipinski definition) is 2. The number of aromatic nitrogens is 2. The summed E-state index contributed by atoms with van der Waals surface area (Å²) in [5, 5.41) is 11.6. The van der Waals surface area contributed by atoms with Gasteiger partial charge in [-0.2, -0.15) is 10.2 Å². The van der Waals surface area contributed by atoms with Gasteiger partial charge in [-0.15, -0.1) is 0 Å². The molecule has 7 heteroatoms. The zero-order valence-corrected chi connectivity index (χ0v) is 18.1. The first-order valence-electron chi connectivity index (χ1n) is 10.0. The first-order valence-corrected chi connectivity index (χ1v) is 10.4. The minimum atomic E-state index is -0.369. The van der Waals surface area contributed by atoms with E-state index in [4.69, 9.17) is 16.3 Å². The Morgan fingerprint density at radius 3 is 2.59 bits per heavy atom. The fraction of sp³-hybridized carbons (Fsp3) is 0.0800. The van der Waals surface area contributed by atoms with Gasteiger partial charge in [-0.05, 0) is 48.9 Å². The fourth-order valence-corrected chi connectivity index (χ4v) is 3.15. The molecule has 1 aromatic heterocycles. The van der Waals surface area contributed by atoms with Crippen LogP contribution in [-0.2, 0) is 6.61 Å². The molecule has 0 bridgehead atoms. The first kappa shape index (κ1) is 21.3. The second-order valence-corrected chi connectivity index (χ2v) is 7.59. The van der Waals surface area contributed by atoms with Crippen molar-refractivity contribution < 1.29 is 9.53 Å². The summed E-state index contributed by atoms with van der Waals surface area (Å²) in [6.07, 6.45) is 1.59. The lowest BCUT2D eigenvalue weighted by Crippen LogP contribution is -2.17. The molecule has 0 aliphatic rings. The lowest BCUT2D eigenvalue weighted by atomic mass is 10.1. The van der Waals surface area contributed by atoms with Crippen molar-refractivity contribution in [1.29, 1.82) is 0 Å². The maximum Gasteiger partial charge on any atom is 0.289 e. The number of nitrogens with one attached hydrogen (secondary N) is 2. The van der Waals surface area contributed by atoms with Crippen molar-refractivity contribution in [2.24, 2.45) is 5.10 Å². The van der Waals surface area contributed by atoms with Gasteiger partial charge in [0.25, 0.3) is 5.91 Å². The van der Waals surface area contributed by atoms with Gasteiger partial charge in [0.05, 0.1) is 11.9 Å². The molecule has 0 radical (unpaired) electrons. The zero-order valence-electron chi connectivity index (χ0n) is 17.4. The minimum Gasteiger partial charge on any atom is -0.489 e. The van der Waals surface area contributed by atoms with Crippen LogP contribution in [-0.4, -0.2) is 22.3 Å². The highest BCUT2D eigenvalue weighted by molar-refractivity contribution is 6.31. The van der Waals surface area contributed by atoms with E-state index in [1.54, 1.807) is 12.3 Å². The monoisotopic (exact) mass is 444 g/mol. The van der Waals surface area contributed by atoms with Gasteiger partial charge < -0.3 is 4.74 Å². The number of amides is 1. The number of ether oxygens (including phenoxy) is 1. The van der Waals surface area contributed by atoms with E-state index >= 15 is 0 Å². The van der Waals surface area contributed by atoms with Gasteiger partial charge in [-0.25, -0.2) is 5.43 Å². The normalized spacial score (nSPS) is 10.9. The Hall–Kier alpha value is -3.90. The number of carbonyl (C=O) groups is 1. The number of hydrogen-bond acceptors (Lipinski definition) is 4. The molecule has 0 aliphatic heterocycles. The van der Waals surface area contributed by atoms with E-state index in [1.165, 1.54) is 0 Å². The molecule has 0 spiro atoms. The summed E-state index contributed by atoms with van der Waals surface area (Å²) >= 11 is 6.16. The van der Waals surface area contributed by atoms with Crippen LogP contribution in [0.1, 0.15) is 27.2 Å². The number of aryl methyl sites for hydroxylation is 1. The molecule has 4 aromatic rings.